The van der Waals surface area contributed by atoms with Crippen molar-refractivity contribution in [3.8, 4) is 11.5 Å². The Hall–Kier alpha value is -3.46. The number of methoxy groups -OCH3 is 1. The number of halogens is 1. The SMILES string of the molecule is CNCC(=O)N1CCC[C@H]1COc1cc2c(Nc3cccc(C)c3F)ncnc2cc1OC. The van der Waals surface area contributed by atoms with Gasteiger partial charge in [-0.15, -0.1) is 0 Å². The Morgan fingerprint density at radius 1 is 1.27 bits per heavy atom. The van der Waals surface area contributed by atoms with E-state index in [-0.39, 0.29) is 17.8 Å². The highest BCUT2D eigenvalue weighted by atomic mass is 19.1. The van der Waals surface area contributed by atoms with Gasteiger partial charge in [-0.1, -0.05) is 12.1 Å². The molecule has 1 fully saturated rings. The summed E-state index contributed by atoms with van der Waals surface area (Å²) in [5.41, 5.74) is 1.51. The van der Waals surface area contributed by atoms with Crippen molar-refractivity contribution < 1.29 is 18.7 Å². The van der Waals surface area contributed by atoms with Gasteiger partial charge in [-0.2, -0.15) is 0 Å². The maximum atomic E-state index is 14.5. The number of likely N-dealkylation sites (N-methyl/N-ethyl adjacent to an activating group) is 1. The lowest BCUT2D eigenvalue weighted by molar-refractivity contribution is -0.131. The molecule has 9 heteroatoms. The molecule has 0 spiro atoms. The molecule has 1 aromatic heterocycles. The Kier molecular flexibility index (Phi) is 6.88. The first-order valence-corrected chi connectivity index (χ1v) is 10.9. The molecule has 0 bridgehead atoms. The summed E-state index contributed by atoms with van der Waals surface area (Å²) in [6.45, 7) is 3.09. The van der Waals surface area contributed by atoms with E-state index in [0.717, 1.165) is 19.4 Å². The van der Waals surface area contributed by atoms with E-state index in [2.05, 4.69) is 20.6 Å². The molecular formula is C24H28FN5O3. The fourth-order valence-corrected chi connectivity index (χ4v) is 4.08. The number of ether oxygens (including phenoxy) is 2. The molecule has 0 aliphatic carbocycles. The molecule has 174 valence electrons. The van der Waals surface area contributed by atoms with Gasteiger partial charge in [0.15, 0.2) is 11.5 Å². The highest BCUT2D eigenvalue weighted by Gasteiger charge is 2.29. The number of fused-ring (bicyclic) bond motifs is 1. The highest BCUT2D eigenvalue weighted by Crippen LogP contribution is 2.35. The zero-order valence-corrected chi connectivity index (χ0v) is 19.0. The van der Waals surface area contributed by atoms with Crippen LogP contribution in [0.15, 0.2) is 36.7 Å². The number of nitrogens with one attached hydrogen (secondary N) is 2. The standard InChI is InChI=1S/C24H28FN5O3/c1-15-6-4-8-18(23(15)25)29-24-17-10-21(20(32-3)11-19(17)27-14-28-24)33-13-16-7-5-9-30(16)22(31)12-26-2/h4,6,8,10-11,14,16,26H,5,7,9,12-13H2,1-3H3,(H,27,28,29)/t16-/m0/s1. The minimum atomic E-state index is -0.332. The number of likely N-dealkylation sites (tertiary alicyclic amines) is 1. The summed E-state index contributed by atoms with van der Waals surface area (Å²) < 4.78 is 26.2. The summed E-state index contributed by atoms with van der Waals surface area (Å²) in [5.74, 6) is 1.24. The first-order chi connectivity index (χ1) is 16.0. The summed E-state index contributed by atoms with van der Waals surface area (Å²) in [6.07, 6.45) is 3.25. The highest BCUT2D eigenvalue weighted by molar-refractivity contribution is 5.93. The van der Waals surface area contributed by atoms with Crippen LogP contribution in [0.5, 0.6) is 11.5 Å². The van der Waals surface area contributed by atoms with Crippen molar-refractivity contribution in [3.05, 3.63) is 48.0 Å². The molecule has 1 aliphatic rings. The molecule has 0 saturated carbocycles. The fraction of sp³-hybridized carbons (Fsp3) is 0.375. The smallest absolute Gasteiger partial charge is 0.236 e. The Balaban J connectivity index is 1.61. The third kappa shape index (κ3) is 4.83. The normalized spacial score (nSPS) is 15.6. The Morgan fingerprint density at radius 3 is 2.91 bits per heavy atom. The molecule has 2 N–H and O–H groups in total. The van der Waals surface area contributed by atoms with Crippen molar-refractivity contribution in [2.24, 2.45) is 0 Å². The molecule has 1 amide bonds. The molecule has 2 aromatic carbocycles. The Morgan fingerprint density at radius 2 is 2.12 bits per heavy atom. The lowest BCUT2D eigenvalue weighted by Gasteiger charge is -2.25. The summed E-state index contributed by atoms with van der Waals surface area (Å²) >= 11 is 0. The van der Waals surface area contributed by atoms with Crippen molar-refractivity contribution in [3.63, 3.8) is 0 Å². The molecule has 1 atom stereocenters. The van der Waals surface area contributed by atoms with Gasteiger partial charge in [0.25, 0.3) is 0 Å². The minimum Gasteiger partial charge on any atom is -0.493 e. The Labute approximate surface area is 192 Å². The van der Waals surface area contributed by atoms with Gasteiger partial charge in [-0.3, -0.25) is 4.79 Å². The van der Waals surface area contributed by atoms with E-state index in [9.17, 15) is 9.18 Å². The van der Waals surface area contributed by atoms with E-state index in [1.807, 2.05) is 4.90 Å². The molecule has 0 radical (unpaired) electrons. The van der Waals surface area contributed by atoms with Crippen LogP contribution in [0.1, 0.15) is 18.4 Å². The average Bonchev–Trinajstić information content (AvgIpc) is 3.29. The Bertz CT molecular complexity index is 1160. The first kappa shape index (κ1) is 22.7. The number of amides is 1. The van der Waals surface area contributed by atoms with Gasteiger partial charge in [-0.05, 0) is 44.5 Å². The number of carbonyl (C=O) groups is 1. The van der Waals surface area contributed by atoms with Crippen LogP contribution in [0.3, 0.4) is 0 Å². The number of anilines is 2. The largest absolute Gasteiger partial charge is 0.493 e. The second-order valence-corrected chi connectivity index (χ2v) is 8.03. The lowest BCUT2D eigenvalue weighted by atomic mass is 10.1. The minimum absolute atomic E-state index is 0.00254. The van der Waals surface area contributed by atoms with Crippen molar-refractivity contribution in [1.29, 1.82) is 0 Å². The molecule has 0 unspecified atom stereocenters. The molecule has 1 aliphatic heterocycles. The van der Waals surface area contributed by atoms with E-state index in [4.69, 9.17) is 9.47 Å². The van der Waals surface area contributed by atoms with Crippen LogP contribution in [-0.4, -0.2) is 60.7 Å². The monoisotopic (exact) mass is 453 g/mol. The number of hydrogen-bond acceptors (Lipinski definition) is 7. The van der Waals surface area contributed by atoms with Crippen LogP contribution in [0.4, 0.5) is 15.9 Å². The third-order valence-corrected chi connectivity index (χ3v) is 5.82. The fourth-order valence-electron chi connectivity index (χ4n) is 4.08. The van der Waals surface area contributed by atoms with Crippen LogP contribution in [0, 0.1) is 12.7 Å². The zero-order valence-electron chi connectivity index (χ0n) is 19.0. The van der Waals surface area contributed by atoms with Crippen LogP contribution < -0.4 is 20.1 Å². The van der Waals surface area contributed by atoms with E-state index >= 15 is 0 Å². The van der Waals surface area contributed by atoms with Gasteiger partial charge in [0, 0.05) is 18.0 Å². The van der Waals surface area contributed by atoms with Gasteiger partial charge in [0.05, 0.1) is 30.9 Å². The third-order valence-electron chi connectivity index (χ3n) is 5.82. The van der Waals surface area contributed by atoms with E-state index < -0.39 is 0 Å². The van der Waals surface area contributed by atoms with E-state index in [0.29, 0.717) is 52.6 Å². The number of hydrogen-bond donors (Lipinski definition) is 2. The van der Waals surface area contributed by atoms with Gasteiger partial charge >= 0.3 is 0 Å². The predicted octanol–water partition coefficient (Wildman–Crippen LogP) is 3.42. The molecular weight excluding hydrogens is 425 g/mol. The summed E-state index contributed by atoms with van der Waals surface area (Å²) in [6, 6.07) is 8.71. The number of rotatable bonds is 8. The van der Waals surface area contributed by atoms with Gasteiger partial charge < -0.3 is 25.0 Å². The number of nitrogens with zero attached hydrogens (tertiary/aromatic N) is 3. The topological polar surface area (TPSA) is 88.6 Å². The van der Waals surface area contributed by atoms with Crippen molar-refractivity contribution in [1.82, 2.24) is 20.2 Å². The van der Waals surface area contributed by atoms with Crippen LogP contribution in [-0.2, 0) is 4.79 Å². The number of carbonyl (C=O) groups excluding carboxylic acids is 1. The second kappa shape index (κ2) is 9.99. The van der Waals surface area contributed by atoms with Gasteiger partial charge in [-0.25, -0.2) is 14.4 Å². The quantitative estimate of drug-likeness (QED) is 0.540. The molecule has 8 nitrogen and oxygen atoms in total. The molecule has 1 saturated heterocycles. The van der Waals surface area contributed by atoms with Crippen LogP contribution in [0.25, 0.3) is 10.9 Å². The molecule has 2 heterocycles. The van der Waals surface area contributed by atoms with Crippen molar-refractivity contribution >= 4 is 28.3 Å². The number of benzene rings is 2. The maximum absolute atomic E-state index is 14.5. The second-order valence-electron chi connectivity index (χ2n) is 8.03. The lowest BCUT2D eigenvalue weighted by Crippen LogP contribution is -2.42. The van der Waals surface area contributed by atoms with Crippen LogP contribution >= 0.6 is 0 Å². The zero-order chi connectivity index (χ0) is 23.4. The molecule has 3 aromatic rings. The van der Waals surface area contributed by atoms with Crippen molar-refractivity contribution in [2.45, 2.75) is 25.8 Å². The number of aromatic nitrogens is 2. The van der Waals surface area contributed by atoms with Gasteiger partial charge in [0.1, 0.15) is 24.6 Å². The van der Waals surface area contributed by atoms with Crippen molar-refractivity contribution in [2.75, 3.05) is 39.2 Å². The van der Waals surface area contributed by atoms with Crippen LogP contribution in [0.2, 0.25) is 0 Å². The first-order valence-electron chi connectivity index (χ1n) is 10.9. The van der Waals surface area contributed by atoms with E-state index in [1.165, 1.54) is 6.33 Å². The summed E-state index contributed by atoms with van der Waals surface area (Å²) in [7, 11) is 3.32. The predicted molar refractivity (Wildman–Crippen MR) is 125 cm³/mol. The molecule has 4 rings (SSSR count). The van der Waals surface area contributed by atoms with Gasteiger partial charge in [0.2, 0.25) is 5.91 Å². The molecule has 33 heavy (non-hydrogen) atoms. The number of aryl methyl sites for hydroxylation is 1. The van der Waals surface area contributed by atoms with E-state index in [1.54, 1.807) is 51.4 Å². The summed E-state index contributed by atoms with van der Waals surface area (Å²) in [5, 5.41) is 6.65. The summed E-state index contributed by atoms with van der Waals surface area (Å²) in [4.78, 5) is 22.9. The average molecular weight is 454 g/mol. The maximum Gasteiger partial charge on any atom is 0.236 e.